The zero-order valence-electron chi connectivity index (χ0n) is 31.8. The highest BCUT2D eigenvalue weighted by Crippen LogP contribution is 2.30. The molecule has 0 unspecified atom stereocenters. The lowest BCUT2D eigenvalue weighted by Gasteiger charge is -2.09. The Morgan fingerprint density at radius 2 is 0.500 bits per heavy atom. The smallest absolute Gasteiger partial charge is 0.206 e. The molecule has 0 heterocycles. The van der Waals surface area contributed by atoms with Crippen LogP contribution < -0.4 is 4.74 Å². The summed E-state index contributed by atoms with van der Waals surface area (Å²) in [6.07, 6.45) is 0. The highest BCUT2D eigenvalue weighted by Gasteiger charge is 2.18. The Kier molecular flexibility index (Phi) is 15.9. The molecule has 13 heteroatoms. The summed E-state index contributed by atoms with van der Waals surface area (Å²) in [7, 11) is -7.11. The first-order valence-corrected chi connectivity index (χ1v) is 22.3. The highest BCUT2D eigenvalue weighted by molar-refractivity contribution is 7.91. The summed E-state index contributed by atoms with van der Waals surface area (Å²) >= 11 is 17.3. The molecule has 0 fully saturated rings. The molecule has 0 spiro atoms. The number of halogens is 3. The molecule has 8 rings (SSSR count). The van der Waals surface area contributed by atoms with Gasteiger partial charge >= 0.3 is 0 Å². The van der Waals surface area contributed by atoms with Crippen LogP contribution in [0.2, 0.25) is 15.1 Å². The minimum Gasteiger partial charge on any atom is -0.508 e. The van der Waals surface area contributed by atoms with E-state index in [0.29, 0.717) is 26.6 Å². The Labute approximate surface area is 376 Å². The summed E-state index contributed by atoms with van der Waals surface area (Å²) in [5, 5.41) is 29.1. The lowest BCUT2D eigenvalue weighted by Crippen LogP contribution is -2.01. The number of benzene rings is 8. The Hall–Kier alpha value is -6.27. The molecule has 8 aromatic carbocycles. The van der Waals surface area contributed by atoms with E-state index in [1.54, 1.807) is 84.9 Å². The monoisotopic (exact) mass is 924 g/mol. The van der Waals surface area contributed by atoms with Crippen LogP contribution in [-0.4, -0.2) is 32.2 Å². The Morgan fingerprint density at radius 1 is 0.306 bits per heavy atom. The maximum atomic E-state index is 12.7. The van der Waals surface area contributed by atoms with Gasteiger partial charge in [0.05, 0.1) is 19.6 Å². The molecule has 8 nitrogen and oxygen atoms in total. The predicted octanol–water partition coefficient (Wildman–Crippen LogP) is 13.6. The number of rotatable bonds is 8. The summed E-state index contributed by atoms with van der Waals surface area (Å²) in [5.41, 5.74) is 4.01. The third-order valence-corrected chi connectivity index (χ3v) is 13.2. The van der Waals surface area contributed by atoms with E-state index in [9.17, 15) is 21.9 Å². The molecule has 0 radical (unpaired) electrons. The molecule has 316 valence electrons. The van der Waals surface area contributed by atoms with Gasteiger partial charge in [-0.25, -0.2) is 16.8 Å². The van der Waals surface area contributed by atoms with Crippen molar-refractivity contribution in [2.45, 2.75) is 27.0 Å². The van der Waals surface area contributed by atoms with Gasteiger partial charge in [0.15, 0.2) is 0 Å². The minimum absolute atomic E-state index is 0. The molecule has 0 aromatic heterocycles. The molecule has 0 atom stereocenters. The van der Waals surface area contributed by atoms with E-state index in [-0.39, 0.29) is 44.3 Å². The van der Waals surface area contributed by atoms with Crippen LogP contribution in [0.25, 0.3) is 22.3 Å². The number of hydrogen-bond acceptors (Lipinski definition) is 8. The highest BCUT2D eigenvalue weighted by atomic mass is 35.5. The molecule has 3 N–H and O–H groups in total. The van der Waals surface area contributed by atoms with E-state index >= 15 is 0 Å². The van der Waals surface area contributed by atoms with Crippen molar-refractivity contribution in [3.63, 3.8) is 0 Å². The quantitative estimate of drug-likeness (QED) is 0.137. The molecule has 62 heavy (non-hydrogen) atoms. The molecule has 0 amide bonds. The first kappa shape index (κ1) is 46.8. The summed E-state index contributed by atoms with van der Waals surface area (Å²) in [6, 6.07) is 52.8. The van der Waals surface area contributed by atoms with Gasteiger partial charge in [-0.2, -0.15) is 0 Å². The van der Waals surface area contributed by atoms with Crippen molar-refractivity contribution < 1.29 is 36.9 Å². The van der Waals surface area contributed by atoms with E-state index in [4.69, 9.17) is 49.8 Å². The van der Waals surface area contributed by atoms with Crippen molar-refractivity contribution in [1.29, 1.82) is 0 Å². The number of phenolic OH excluding ortho intramolecular Hbond substituents is 3. The van der Waals surface area contributed by atoms with Gasteiger partial charge in [0, 0.05) is 15.1 Å². The van der Waals surface area contributed by atoms with Gasteiger partial charge < -0.3 is 20.1 Å². The average molecular weight is 926 g/mol. The van der Waals surface area contributed by atoms with Crippen LogP contribution in [0.4, 0.5) is 0 Å². The number of sulfone groups is 2. The van der Waals surface area contributed by atoms with Crippen molar-refractivity contribution >= 4 is 54.5 Å². The lowest BCUT2D eigenvalue weighted by atomic mass is 10.1. The second-order valence-electron chi connectivity index (χ2n) is 13.1. The van der Waals surface area contributed by atoms with Crippen LogP contribution in [-0.2, 0) is 19.7 Å². The zero-order valence-corrected chi connectivity index (χ0v) is 35.7. The van der Waals surface area contributed by atoms with Crippen molar-refractivity contribution in [3.05, 3.63) is 209 Å². The molecule has 0 aliphatic rings. The molecular weight excluding hydrogens is 887 g/mol. The molecule has 0 saturated heterocycles. The van der Waals surface area contributed by atoms with Crippen LogP contribution in [0.3, 0.4) is 0 Å². The van der Waals surface area contributed by atoms with Crippen molar-refractivity contribution in [3.8, 4) is 51.0 Å². The molecule has 0 saturated carbocycles. The SMILES string of the molecule is C.O=S(=O)(c1ccc(Cl)cc1)c1ccc(Cl)cc1.O=S(=O)(c1ccc(Cl)cc1)c1ccc(Oc2ccc(-c3ccc(O)cc3)cc2)cc1.Oc1ccc(-c2ccc(O)cc2)cc1. The largest absolute Gasteiger partial charge is 0.508 e. The first-order valence-electron chi connectivity index (χ1n) is 18.2. The molecule has 0 bridgehead atoms. The van der Waals surface area contributed by atoms with Gasteiger partial charge in [-0.3, -0.25) is 0 Å². The standard InChI is InChI=1S/C24H17ClO4S.C12H8Cl2O2S.C12H10O2.CH4/c25-19-5-13-23(14-6-19)30(27,28)24-15-11-22(12-16-24)29-21-9-3-18(4-10-21)17-1-7-20(26)8-2-17;13-9-1-5-11(6-2-9)17(15,16)12-7-3-10(14)4-8-12;13-11-5-1-9(2-6-11)10-3-7-12(14)8-4-10;/h1-16,26H;1-8H;1-8,13-14H;1H4. The first-order chi connectivity index (χ1) is 29.2. The van der Waals surface area contributed by atoms with E-state index < -0.39 is 19.7 Å². The topological polar surface area (TPSA) is 138 Å². The lowest BCUT2D eigenvalue weighted by molar-refractivity contribution is 0.474. The maximum absolute atomic E-state index is 12.7. The van der Waals surface area contributed by atoms with E-state index in [2.05, 4.69) is 0 Å². The van der Waals surface area contributed by atoms with Crippen molar-refractivity contribution in [2.75, 3.05) is 0 Å². The summed E-state index contributed by atoms with van der Waals surface area (Å²) in [5.74, 6) is 1.90. The normalized spacial score (nSPS) is 10.8. The molecule has 8 aromatic rings. The summed E-state index contributed by atoms with van der Waals surface area (Å²) < 4.78 is 55.6. The van der Waals surface area contributed by atoms with Crippen molar-refractivity contribution in [1.82, 2.24) is 0 Å². The summed E-state index contributed by atoms with van der Waals surface area (Å²) in [6.45, 7) is 0. The molecule has 0 aliphatic heterocycles. The van der Waals surface area contributed by atoms with Gasteiger partial charge in [0.1, 0.15) is 28.7 Å². The average Bonchev–Trinajstić information content (AvgIpc) is 3.26. The minimum atomic E-state index is -3.62. The van der Waals surface area contributed by atoms with Gasteiger partial charge in [0.2, 0.25) is 19.7 Å². The van der Waals surface area contributed by atoms with Gasteiger partial charge in [-0.15, -0.1) is 0 Å². The van der Waals surface area contributed by atoms with E-state index in [1.165, 1.54) is 48.5 Å². The third kappa shape index (κ3) is 12.4. The van der Waals surface area contributed by atoms with Crippen LogP contribution >= 0.6 is 34.8 Å². The maximum Gasteiger partial charge on any atom is 0.206 e. The fourth-order valence-electron chi connectivity index (χ4n) is 5.61. The second-order valence-corrected chi connectivity index (χ2v) is 18.3. The second kappa shape index (κ2) is 21.0. The van der Waals surface area contributed by atoms with Gasteiger partial charge in [0.25, 0.3) is 0 Å². The van der Waals surface area contributed by atoms with Gasteiger partial charge in [-0.1, -0.05) is 90.8 Å². The Balaban J connectivity index is 0.000000192. The Bertz CT molecular complexity index is 2800. The van der Waals surface area contributed by atoms with Crippen LogP contribution in [0.1, 0.15) is 7.43 Å². The number of aromatic hydroxyl groups is 3. The van der Waals surface area contributed by atoms with Crippen LogP contribution in [0, 0.1) is 0 Å². The Morgan fingerprint density at radius 3 is 0.742 bits per heavy atom. The molecule has 0 aliphatic carbocycles. The van der Waals surface area contributed by atoms with Gasteiger partial charge in [-0.05, 0) is 168 Å². The van der Waals surface area contributed by atoms with E-state index in [1.807, 2.05) is 60.7 Å². The molecular formula is C49H39Cl3O8S2. The third-order valence-electron chi connectivity index (χ3n) is 8.86. The number of phenols is 3. The van der Waals surface area contributed by atoms with Crippen molar-refractivity contribution in [2.24, 2.45) is 0 Å². The summed E-state index contributed by atoms with van der Waals surface area (Å²) in [4.78, 5) is 0.790. The fourth-order valence-corrected chi connectivity index (χ4v) is 8.51. The fraction of sp³-hybridized carbons (Fsp3) is 0.0204. The van der Waals surface area contributed by atoms with Crippen LogP contribution in [0.15, 0.2) is 214 Å². The predicted molar refractivity (Wildman–Crippen MR) is 247 cm³/mol. The van der Waals surface area contributed by atoms with Crippen LogP contribution in [0.5, 0.6) is 28.7 Å². The number of hydrogen-bond donors (Lipinski definition) is 3. The van der Waals surface area contributed by atoms with E-state index in [0.717, 1.165) is 22.3 Å². The number of ether oxygens (including phenoxy) is 1. The zero-order chi connectivity index (χ0) is 43.6.